The molecule has 2 nitrogen and oxygen atoms in total. The molecule has 3 heteroatoms. The molecule has 0 unspecified atom stereocenters. The van der Waals surface area contributed by atoms with E-state index in [1.54, 1.807) is 0 Å². The van der Waals surface area contributed by atoms with Crippen LogP contribution in [0.25, 0.3) is 27.9 Å². The number of aromatic nitrogens is 1. The van der Waals surface area contributed by atoms with Gasteiger partial charge in [0, 0.05) is 11.8 Å². The van der Waals surface area contributed by atoms with Gasteiger partial charge < -0.3 is 4.40 Å². The topological polar surface area (TPSA) is 28.2 Å². The van der Waals surface area contributed by atoms with Crippen molar-refractivity contribution in [2.45, 2.75) is 13.8 Å². The van der Waals surface area contributed by atoms with Crippen LogP contribution in [0.3, 0.4) is 0 Å². The van der Waals surface area contributed by atoms with Gasteiger partial charge in [-0.2, -0.15) is 5.26 Å². The molecule has 126 valence electrons. The summed E-state index contributed by atoms with van der Waals surface area (Å²) in [5.74, 6) is 0. The highest BCUT2D eigenvalue weighted by atomic mass is 79.9. The summed E-state index contributed by atoms with van der Waals surface area (Å²) in [6.45, 7) is 4.19. The molecular formula is C23H17BrN2. The lowest BCUT2D eigenvalue weighted by Gasteiger charge is -2.09. The summed E-state index contributed by atoms with van der Waals surface area (Å²) >= 11 is 3.80. The van der Waals surface area contributed by atoms with Gasteiger partial charge in [-0.1, -0.05) is 59.7 Å². The molecule has 0 amide bonds. The number of rotatable bonds is 2. The normalized spacial score (nSPS) is 10.8. The standard InChI is InChI=1S/C23H17BrN2/c1-15-3-7-18(8-4-15)21-22(24)20-13-17(14-25)11-12-26(20)23(21)19-9-5-16(2)6-10-19/h3-13H,1-2H3. The molecule has 0 aliphatic carbocycles. The van der Waals surface area contributed by atoms with Crippen molar-refractivity contribution in [1.82, 2.24) is 4.40 Å². The van der Waals surface area contributed by atoms with Gasteiger partial charge in [0.15, 0.2) is 0 Å². The molecule has 0 saturated carbocycles. The number of pyridine rings is 1. The van der Waals surface area contributed by atoms with Crippen LogP contribution in [0, 0.1) is 25.2 Å². The number of hydrogen-bond donors (Lipinski definition) is 0. The fraction of sp³-hybridized carbons (Fsp3) is 0.0870. The van der Waals surface area contributed by atoms with Crippen molar-refractivity contribution in [2.24, 2.45) is 0 Å². The molecule has 4 aromatic rings. The number of nitrogens with zero attached hydrogens (tertiary/aromatic N) is 2. The van der Waals surface area contributed by atoms with Crippen molar-refractivity contribution >= 4 is 21.4 Å². The maximum atomic E-state index is 9.28. The van der Waals surface area contributed by atoms with Crippen molar-refractivity contribution in [1.29, 1.82) is 5.26 Å². The fourth-order valence-corrected chi connectivity index (χ4v) is 3.99. The second kappa shape index (κ2) is 6.48. The number of benzene rings is 2. The second-order valence-electron chi connectivity index (χ2n) is 6.55. The van der Waals surface area contributed by atoms with Gasteiger partial charge in [-0.25, -0.2) is 0 Å². The highest BCUT2D eigenvalue weighted by molar-refractivity contribution is 9.10. The second-order valence-corrected chi connectivity index (χ2v) is 7.35. The summed E-state index contributed by atoms with van der Waals surface area (Å²) in [6, 6.07) is 23.1. The summed E-state index contributed by atoms with van der Waals surface area (Å²) < 4.78 is 3.17. The van der Waals surface area contributed by atoms with Crippen LogP contribution in [0.15, 0.2) is 71.3 Å². The lowest BCUT2D eigenvalue weighted by atomic mass is 10.00. The van der Waals surface area contributed by atoms with Crippen LogP contribution < -0.4 is 0 Å². The predicted octanol–water partition coefficient (Wildman–Crippen LogP) is 6.52. The van der Waals surface area contributed by atoms with E-state index in [-0.39, 0.29) is 0 Å². The van der Waals surface area contributed by atoms with Gasteiger partial charge in [-0.15, -0.1) is 0 Å². The number of aryl methyl sites for hydroxylation is 2. The highest BCUT2D eigenvalue weighted by Gasteiger charge is 2.19. The molecule has 0 fully saturated rings. The van der Waals surface area contributed by atoms with E-state index in [0.29, 0.717) is 5.56 Å². The minimum atomic E-state index is 0.654. The van der Waals surface area contributed by atoms with Crippen LogP contribution in [-0.4, -0.2) is 4.40 Å². The third-order valence-electron chi connectivity index (χ3n) is 4.67. The Kier molecular flexibility index (Phi) is 4.14. The maximum absolute atomic E-state index is 9.28. The Bertz CT molecular complexity index is 1140. The zero-order valence-electron chi connectivity index (χ0n) is 14.6. The molecule has 2 aromatic heterocycles. The van der Waals surface area contributed by atoms with Crippen LogP contribution >= 0.6 is 15.9 Å². The first-order chi connectivity index (χ1) is 12.6. The van der Waals surface area contributed by atoms with E-state index in [9.17, 15) is 5.26 Å². The fourth-order valence-electron chi connectivity index (χ4n) is 3.26. The van der Waals surface area contributed by atoms with Crippen molar-refractivity contribution in [2.75, 3.05) is 0 Å². The van der Waals surface area contributed by atoms with E-state index in [1.165, 1.54) is 11.1 Å². The summed E-state index contributed by atoms with van der Waals surface area (Å²) in [5, 5.41) is 9.28. The Morgan fingerprint density at radius 3 is 2.00 bits per heavy atom. The van der Waals surface area contributed by atoms with Crippen LogP contribution in [-0.2, 0) is 0 Å². The van der Waals surface area contributed by atoms with Crippen molar-refractivity contribution in [3.8, 4) is 28.5 Å². The molecule has 0 aliphatic rings. The SMILES string of the molecule is Cc1ccc(-c2c(Br)c3cc(C#N)ccn3c2-c2ccc(C)cc2)cc1. The first-order valence-corrected chi connectivity index (χ1v) is 9.25. The summed E-state index contributed by atoms with van der Waals surface area (Å²) in [5.41, 5.74) is 8.69. The quantitative estimate of drug-likeness (QED) is 0.376. The van der Waals surface area contributed by atoms with Crippen LogP contribution in [0.2, 0.25) is 0 Å². The molecule has 0 N–H and O–H groups in total. The molecular weight excluding hydrogens is 384 g/mol. The molecule has 0 aliphatic heterocycles. The number of fused-ring (bicyclic) bond motifs is 1. The summed E-state index contributed by atoms with van der Waals surface area (Å²) in [7, 11) is 0. The molecule has 0 bridgehead atoms. The van der Waals surface area contributed by atoms with E-state index in [4.69, 9.17) is 0 Å². The average molecular weight is 401 g/mol. The van der Waals surface area contributed by atoms with Gasteiger partial charge in [0.2, 0.25) is 0 Å². The number of nitriles is 1. The predicted molar refractivity (Wildman–Crippen MR) is 110 cm³/mol. The highest BCUT2D eigenvalue weighted by Crippen LogP contribution is 2.42. The Labute approximate surface area is 161 Å². The molecule has 26 heavy (non-hydrogen) atoms. The third-order valence-corrected chi connectivity index (χ3v) is 5.47. The molecule has 0 spiro atoms. The lowest BCUT2D eigenvalue weighted by molar-refractivity contribution is 1.20. The van der Waals surface area contributed by atoms with E-state index in [1.807, 2.05) is 18.3 Å². The molecule has 0 radical (unpaired) electrons. The van der Waals surface area contributed by atoms with Gasteiger partial charge >= 0.3 is 0 Å². The molecule has 2 heterocycles. The van der Waals surface area contributed by atoms with Crippen molar-refractivity contribution < 1.29 is 0 Å². The first kappa shape index (κ1) is 16.6. The Hall–Kier alpha value is -2.83. The van der Waals surface area contributed by atoms with Gasteiger partial charge in [-0.3, -0.25) is 0 Å². The van der Waals surface area contributed by atoms with E-state index >= 15 is 0 Å². The smallest absolute Gasteiger partial charge is 0.0992 e. The maximum Gasteiger partial charge on any atom is 0.0992 e. The lowest BCUT2D eigenvalue weighted by Crippen LogP contribution is -1.90. The van der Waals surface area contributed by atoms with Gasteiger partial charge in [0.25, 0.3) is 0 Å². The van der Waals surface area contributed by atoms with Gasteiger partial charge in [0.05, 0.1) is 27.3 Å². The van der Waals surface area contributed by atoms with E-state index in [2.05, 4.69) is 88.8 Å². The Morgan fingerprint density at radius 1 is 0.846 bits per heavy atom. The summed E-state index contributed by atoms with van der Waals surface area (Å²) in [6.07, 6.45) is 1.98. The summed E-state index contributed by atoms with van der Waals surface area (Å²) in [4.78, 5) is 0. The molecule has 0 atom stereocenters. The minimum Gasteiger partial charge on any atom is -0.315 e. The minimum absolute atomic E-state index is 0.654. The number of hydrogen-bond acceptors (Lipinski definition) is 1. The van der Waals surface area contributed by atoms with Crippen LogP contribution in [0.1, 0.15) is 16.7 Å². The third kappa shape index (κ3) is 2.73. The molecule has 4 rings (SSSR count). The van der Waals surface area contributed by atoms with E-state index < -0.39 is 0 Å². The molecule has 0 saturated heterocycles. The van der Waals surface area contributed by atoms with Crippen molar-refractivity contribution in [3.63, 3.8) is 0 Å². The monoisotopic (exact) mass is 400 g/mol. The van der Waals surface area contributed by atoms with Crippen molar-refractivity contribution in [3.05, 3.63) is 88.0 Å². The Balaban J connectivity index is 2.09. The largest absolute Gasteiger partial charge is 0.315 e. The molecule has 2 aromatic carbocycles. The first-order valence-electron chi connectivity index (χ1n) is 8.46. The van der Waals surface area contributed by atoms with Crippen LogP contribution in [0.4, 0.5) is 0 Å². The number of halogens is 1. The Morgan fingerprint density at radius 2 is 1.42 bits per heavy atom. The zero-order chi connectivity index (χ0) is 18.3. The van der Waals surface area contributed by atoms with Gasteiger partial charge in [0.1, 0.15) is 0 Å². The van der Waals surface area contributed by atoms with Crippen LogP contribution in [0.5, 0.6) is 0 Å². The van der Waals surface area contributed by atoms with E-state index in [0.717, 1.165) is 32.4 Å². The van der Waals surface area contributed by atoms with Gasteiger partial charge in [-0.05, 0) is 53.0 Å². The zero-order valence-corrected chi connectivity index (χ0v) is 16.2. The average Bonchev–Trinajstić information content (AvgIpc) is 2.95.